The summed E-state index contributed by atoms with van der Waals surface area (Å²) in [6.45, 7) is 12.5. The Labute approximate surface area is 98.9 Å². The number of likely N-dealkylation sites (N-methyl/N-ethyl adjacent to an activating group) is 1. The fourth-order valence-corrected chi connectivity index (χ4v) is 2.46. The molecule has 0 bridgehead atoms. The molecule has 0 aromatic rings. The number of hydrogen-bond donors (Lipinski definition) is 1. The van der Waals surface area contributed by atoms with Crippen molar-refractivity contribution in [2.45, 2.75) is 19.4 Å². The third-order valence-electron chi connectivity index (χ3n) is 3.68. The first-order valence-electron chi connectivity index (χ1n) is 6.65. The maximum atomic E-state index is 5.71. The summed E-state index contributed by atoms with van der Waals surface area (Å²) in [5.41, 5.74) is 0. The van der Waals surface area contributed by atoms with Crippen LogP contribution in [0, 0.1) is 0 Å². The molecule has 1 N–H and O–H groups in total. The van der Waals surface area contributed by atoms with Crippen LogP contribution in [0.5, 0.6) is 0 Å². The first-order chi connectivity index (χ1) is 7.88. The van der Waals surface area contributed by atoms with Gasteiger partial charge in [-0.25, -0.2) is 0 Å². The zero-order chi connectivity index (χ0) is 11.2. The molecule has 2 aliphatic rings. The Balaban J connectivity index is 1.59. The Morgan fingerprint density at radius 2 is 1.94 bits per heavy atom. The predicted octanol–water partition coefficient (Wildman–Crippen LogP) is 0.00240. The number of nitrogens with one attached hydrogen (secondary N) is 1. The molecule has 4 nitrogen and oxygen atoms in total. The summed E-state index contributed by atoms with van der Waals surface area (Å²) in [7, 11) is 0. The van der Waals surface area contributed by atoms with E-state index < -0.39 is 0 Å². The van der Waals surface area contributed by atoms with Crippen molar-refractivity contribution in [2.24, 2.45) is 0 Å². The predicted molar refractivity (Wildman–Crippen MR) is 65.8 cm³/mol. The zero-order valence-corrected chi connectivity index (χ0v) is 10.5. The molecule has 0 aliphatic carbocycles. The molecule has 2 heterocycles. The number of rotatable bonds is 4. The molecule has 0 amide bonds. The first-order valence-corrected chi connectivity index (χ1v) is 6.65. The average Bonchev–Trinajstić information content (AvgIpc) is 2.38. The summed E-state index contributed by atoms with van der Waals surface area (Å²) in [4.78, 5) is 5.10. The maximum absolute atomic E-state index is 5.71. The summed E-state index contributed by atoms with van der Waals surface area (Å²) in [6, 6.07) is 0. The second-order valence-electron chi connectivity index (χ2n) is 4.76. The van der Waals surface area contributed by atoms with Gasteiger partial charge in [0.25, 0.3) is 0 Å². The van der Waals surface area contributed by atoms with Crippen LogP contribution in [-0.4, -0.2) is 74.9 Å². The van der Waals surface area contributed by atoms with Crippen molar-refractivity contribution in [3.8, 4) is 0 Å². The van der Waals surface area contributed by atoms with Crippen molar-refractivity contribution >= 4 is 0 Å². The van der Waals surface area contributed by atoms with Gasteiger partial charge >= 0.3 is 0 Å². The maximum Gasteiger partial charge on any atom is 0.0712 e. The highest BCUT2D eigenvalue weighted by atomic mass is 16.5. The third-order valence-corrected chi connectivity index (χ3v) is 3.68. The van der Waals surface area contributed by atoms with Gasteiger partial charge in [-0.2, -0.15) is 0 Å². The van der Waals surface area contributed by atoms with Crippen LogP contribution in [0.15, 0.2) is 0 Å². The molecule has 2 rings (SSSR count). The number of morpholine rings is 1. The summed E-state index contributed by atoms with van der Waals surface area (Å²) in [5.74, 6) is 0. The van der Waals surface area contributed by atoms with Crippen molar-refractivity contribution < 1.29 is 4.74 Å². The van der Waals surface area contributed by atoms with Gasteiger partial charge in [0.1, 0.15) is 0 Å². The Morgan fingerprint density at radius 3 is 2.56 bits per heavy atom. The minimum Gasteiger partial charge on any atom is -0.376 e. The van der Waals surface area contributed by atoms with Crippen LogP contribution in [-0.2, 0) is 4.74 Å². The number of ether oxygens (including phenoxy) is 1. The SMILES string of the molecule is CCN1CCN(CCC2CNCCO2)CC1. The molecule has 4 heteroatoms. The van der Waals surface area contributed by atoms with Crippen LogP contribution in [0.25, 0.3) is 0 Å². The summed E-state index contributed by atoms with van der Waals surface area (Å²) >= 11 is 0. The van der Waals surface area contributed by atoms with E-state index >= 15 is 0 Å². The second-order valence-corrected chi connectivity index (χ2v) is 4.76. The normalized spacial score (nSPS) is 29.4. The molecule has 2 saturated heterocycles. The lowest BCUT2D eigenvalue weighted by atomic mass is 10.2. The molecule has 0 saturated carbocycles. The zero-order valence-electron chi connectivity index (χ0n) is 10.5. The number of hydrogen-bond acceptors (Lipinski definition) is 4. The number of piperazine rings is 1. The largest absolute Gasteiger partial charge is 0.376 e. The molecule has 1 unspecified atom stereocenters. The average molecular weight is 227 g/mol. The first kappa shape index (κ1) is 12.3. The highest BCUT2D eigenvalue weighted by molar-refractivity contribution is 4.74. The van der Waals surface area contributed by atoms with Gasteiger partial charge in [0.2, 0.25) is 0 Å². The second kappa shape index (κ2) is 6.55. The molecule has 0 spiro atoms. The molecule has 0 aromatic carbocycles. The molecule has 0 radical (unpaired) electrons. The van der Waals surface area contributed by atoms with Gasteiger partial charge in [-0.3, -0.25) is 0 Å². The molecule has 2 aliphatic heterocycles. The molecular formula is C12H25N3O. The highest BCUT2D eigenvalue weighted by Crippen LogP contribution is 2.06. The van der Waals surface area contributed by atoms with E-state index in [1.54, 1.807) is 0 Å². The molecule has 16 heavy (non-hydrogen) atoms. The summed E-state index contributed by atoms with van der Waals surface area (Å²) in [5, 5.41) is 3.39. The molecule has 0 aromatic heterocycles. The van der Waals surface area contributed by atoms with Crippen molar-refractivity contribution in [1.29, 1.82) is 0 Å². The van der Waals surface area contributed by atoms with Crippen molar-refractivity contribution in [3.63, 3.8) is 0 Å². The van der Waals surface area contributed by atoms with Gasteiger partial charge in [-0.05, 0) is 13.0 Å². The van der Waals surface area contributed by atoms with Gasteiger partial charge < -0.3 is 19.9 Å². The lowest BCUT2D eigenvalue weighted by Gasteiger charge is -2.35. The third kappa shape index (κ3) is 3.70. The van der Waals surface area contributed by atoms with Gasteiger partial charge in [0.15, 0.2) is 0 Å². The van der Waals surface area contributed by atoms with Crippen LogP contribution < -0.4 is 5.32 Å². The minimum atomic E-state index is 0.443. The summed E-state index contributed by atoms with van der Waals surface area (Å²) < 4.78 is 5.71. The van der Waals surface area contributed by atoms with E-state index in [1.165, 1.54) is 45.7 Å². The monoisotopic (exact) mass is 227 g/mol. The van der Waals surface area contributed by atoms with Crippen molar-refractivity contribution in [2.75, 3.05) is 59.0 Å². The molecule has 2 fully saturated rings. The van der Waals surface area contributed by atoms with Gasteiger partial charge in [-0.1, -0.05) is 6.92 Å². The Bertz CT molecular complexity index is 187. The van der Waals surface area contributed by atoms with Crippen LogP contribution in [0.3, 0.4) is 0 Å². The van der Waals surface area contributed by atoms with E-state index in [4.69, 9.17) is 4.74 Å². The lowest BCUT2D eigenvalue weighted by Crippen LogP contribution is -2.47. The van der Waals surface area contributed by atoms with E-state index in [9.17, 15) is 0 Å². The Morgan fingerprint density at radius 1 is 1.19 bits per heavy atom. The van der Waals surface area contributed by atoms with Crippen molar-refractivity contribution in [1.82, 2.24) is 15.1 Å². The van der Waals surface area contributed by atoms with E-state index in [0.717, 1.165) is 19.7 Å². The van der Waals surface area contributed by atoms with Crippen LogP contribution >= 0.6 is 0 Å². The smallest absolute Gasteiger partial charge is 0.0712 e. The van der Waals surface area contributed by atoms with Gasteiger partial charge in [0.05, 0.1) is 12.7 Å². The van der Waals surface area contributed by atoms with Crippen LogP contribution in [0.1, 0.15) is 13.3 Å². The molecular weight excluding hydrogens is 202 g/mol. The van der Waals surface area contributed by atoms with Crippen LogP contribution in [0.4, 0.5) is 0 Å². The van der Waals surface area contributed by atoms with Crippen LogP contribution in [0.2, 0.25) is 0 Å². The standard InChI is InChI=1S/C12H25N3O/c1-2-14-6-8-15(9-7-14)5-3-12-11-13-4-10-16-12/h12-13H,2-11H2,1H3. The molecule has 94 valence electrons. The minimum absolute atomic E-state index is 0.443. The Hall–Kier alpha value is -0.160. The van der Waals surface area contributed by atoms with Gasteiger partial charge in [-0.15, -0.1) is 0 Å². The topological polar surface area (TPSA) is 27.7 Å². The van der Waals surface area contributed by atoms with E-state index in [0.29, 0.717) is 6.10 Å². The quantitative estimate of drug-likeness (QED) is 0.732. The fraction of sp³-hybridized carbons (Fsp3) is 1.00. The van der Waals surface area contributed by atoms with E-state index in [-0.39, 0.29) is 0 Å². The molecule has 1 atom stereocenters. The van der Waals surface area contributed by atoms with E-state index in [2.05, 4.69) is 22.0 Å². The van der Waals surface area contributed by atoms with Crippen molar-refractivity contribution in [3.05, 3.63) is 0 Å². The lowest BCUT2D eigenvalue weighted by molar-refractivity contribution is 0.0140. The summed E-state index contributed by atoms with van der Waals surface area (Å²) in [6.07, 6.45) is 1.62. The highest BCUT2D eigenvalue weighted by Gasteiger charge is 2.18. The number of nitrogens with zero attached hydrogens (tertiary/aromatic N) is 2. The van der Waals surface area contributed by atoms with E-state index in [1.807, 2.05) is 0 Å². The van der Waals surface area contributed by atoms with Gasteiger partial charge in [0, 0.05) is 45.8 Å². The fourth-order valence-electron chi connectivity index (χ4n) is 2.46. The Kier molecular flexibility index (Phi) is 5.03.